The fourth-order valence-corrected chi connectivity index (χ4v) is 6.39. The Labute approximate surface area is 455 Å². The van der Waals surface area contributed by atoms with Gasteiger partial charge in [0.15, 0.2) is 0 Å². The number of carboxylic acid groups (broad SMARTS) is 1. The van der Waals surface area contributed by atoms with Gasteiger partial charge in [0.05, 0.1) is 74.3 Å². The number of hydrogen-bond donors (Lipinski definition) is 2. The number of hydrogen-bond acceptors (Lipinski definition) is 12. The van der Waals surface area contributed by atoms with Crippen LogP contribution in [0.15, 0.2) is 140 Å². The molecule has 384 valence electrons. The monoisotopic (exact) mass is 1380 g/mol. The van der Waals surface area contributed by atoms with E-state index in [0.717, 1.165) is 56.3 Å². The van der Waals surface area contributed by atoms with E-state index in [-0.39, 0.29) is 18.0 Å². The summed E-state index contributed by atoms with van der Waals surface area (Å²) in [5.41, 5.74) is 10.4. The minimum atomic E-state index is -0.778. The number of ether oxygens (including phenoxy) is 6. The van der Waals surface area contributed by atoms with Crippen molar-refractivity contribution in [2.45, 2.75) is 45.9 Å². The molecule has 0 spiro atoms. The van der Waals surface area contributed by atoms with E-state index in [2.05, 4.69) is 67.4 Å². The average Bonchev–Trinajstić information content (AvgIpc) is 3.37. The molecule has 5 rings (SSSR count). The van der Waals surface area contributed by atoms with Crippen molar-refractivity contribution in [1.82, 2.24) is 0 Å². The molecule has 0 amide bonds. The van der Waals surface area contributed by atoms with Crippen LogP contribution in [0.25, 0.3) is 16.7 Å². The van der Waals surface area contributed by atoms with Crippen molar-refractivity contribution in [2.75, 3.05) is 42.7 Å². The summed E-state index contributed by atoms with van der Waals surface area (Å²) in [6.45, 7) is 7.69. The second-order valence-corrected chi connectivity index (χ2v) is 31.0. The van der Waals surface area contributed by atoms with E-state index in [9.17, 15) is 24.0 Å². The molecule has 0 saturated heterocycles. The van der Waals surface area contributed by atoms with Crippen LogP contribution in [0.4, 0.5) is 0 Å². The van der Waals surface area contributed by atoms with E-state index in [1.165, 1.54) is 55.2 Å². The van der Waals surface area contributed by atoms with Gasteiger partial charge in [0.25, 0.3) is 0 Å². The molecule has 0 aromatic heterocycles. The van der Waals surface area contributed by atoms with Crippen LogP contribution in [0.5, 0.6) is 0 Å². The van der Waals surface area contributed by atoms with Gasteiger partial charge < -0.3 is 38.6 Å². The number of alkyl halides is 1. The molecule has 0 heterocycles. The Balaban J connectivity index is 0.000000854. The number of carboxylic acids is 1. The minimum absolute atomic E-state index is 0.118. The van der Waals surface area contributed by atoms with Crippen molar-refractivity contribution in [3.63, 3.8) is 0 Å². The number of aliphatic carboxylic acids is 1. The molecular formula is C54H61BrI3O13-. The van der Waals surface area contributed by atoms with Gasteiger partial charge in [-0.3, -0.25) is 9.59 Å². The standard InChI is InChI=1S/C12H13BrO3.C12H14O3.C11H12O3.C10H12O2.C9H10O2.I3/c1-15-8-11(12(14)16-2)10-6-4-3-5-9(10)7-13;1-9-6-4-5-7-10(9)11(8-14-2)12(13)15-3;1-8-5-3-4-6-9(8)10(7-12)11(13)14-2;1-8-5-3-4-6-9(8)7-10(11)12-2;1-7-4-2-3-5-8(7)6-9(10)11;1-3-2/h3-6,8H,7H2,1-2H3;4-8H,1-3H3;3-7,12H,1-2H3;3-6H,7H2,1-2H3;2-5H,6H2,1H3,(H,10,11);/q;;;;;-1/b2*11-8+;;;;. The first-order valence-electron chi connectivity index (χ1n) is 21.1. The molecule has 0 radical (unpaired) electrons. The molecule has 5 aromatic carbocycles. The first kappa shape index (κ1) is 65.7. The number of benzene rings is 5. The molecule has 71 heavy (non-hydrogen) atoms. The van der Waals surface area contributed by atoms with Gasteiger partial charge in [-0.1, -0.05) is 137 Å². The summed E-state index contributed by atoms with van der Waals surface area (Å²) in [6.07, 6.45) is 4.05. The van der Waals surface area contributed by atoms with E-state index in [1.54, 1.807) is 12.1 Å². The van der Waals surface area contributed by atoms with Gasteiger partial charge in [-0.15, -0.1) is 0 Å². The van der Waals surface area contributed by atoms with Crippen LogP contribution in [0, 0.1) is 27.7 Å². The number of halogens is 4. The Kier molecular flexibility index (Phi) is 36.5. The number of rotatable bonds is 13. The van der Waals surface area contributed by atoms with Gasteiger partial charge in [-0.2, -0.15) is 0 Å². The number of esters is 4. The molecule has 0 unspecified atom stereocenters. The van der Waals surface area contributed by atoms with Gasteiger partial charge in [0.1, 0.15) is 16.7 Å². The molecule has 5 aromatic rings. The third kappa shape index (κ3) is 25.6. The van der Waals surface area contributed by atoms with Gasteiger partial charge in [-0.25, -0.2) is 14.4 Å². The summed E-state index contributed by atoms with van der Waals surface area (Å²) in [6, 6.07) is 37.8. The van der Waals surface area contributed by atoms with Crippen molar-refractivity contribution < 1.29 is 75.9 Å². The zero-order valence-corrected chi connectivity index (χ0v) is 49.4. The molecule has 0 aliphatic heterocycles. The van der Waals surface area contributed by atoms with E-state index < -0.39 is 23.9 Å². The van der Waals surface area contributed by atoms with Crippen LogP contribution in [-0.2, 0) is 70.6 Å². The number of aliphatic hydroxyl groups is 1. The van der Waals surface area contributed by atoms with Gasteiger partial charge >= 0.3 is 80.3 Å². The molecule has 0 fully saturated rings. The van der Waals surface area contributed by atoms with Crippen LogP contribution in [0.2, 0.25) is 0 Å². The van der Waals surface area contributed by atoms with Crippen molar-refractivity contribution in [3.05, 3.63) is 196 Å². The Morgan fingerprint density at radius 1 is 0.493 bits per heavy atom. The topological polar surface area (TPSA) is 181 Å². The summed E-state index contributed by atoms with van der Waals surface area (Å²) in [5.74, 6) is -2.31. The predicted molar refractivity (Wildman–Crippen MR) is 296 cm³/mol. The maximum atomic E-state index is 11.6. The van der Waals surface area contributed by atoms with Gasteiger partial charge in [0, 0.05) is 5.33 Å². The Morgan fingerprint density at radius 3 is 1.15 bits per heavy atom. The Morgan fingerprint density at radius 2 is 0.817 bits per heavy atom. The number of aliphatic hydroxyl groups excluding tert-OH is 1. The number of aryl methyl sites for hydroxylation is 4. The summed E-state index contributed by atoms with van der Waals surface area (Å²) >= 11 is 8.68. The van der Waals surface area contributed by atoms with Crippen molar-refractivity contribution in [2.24, 2.45) is 0 Å². The van der Waals surface area contributed by atoms with Crippen LogP contribution in [-0.4, -0.2) is 82.7 Å². The van der Waals surface area contributed by atoms with E-state index in [4.69, 9.17) is 24.4 Å². The van der Waals surface area contributed by atoms with Gasteiger partial charge in [-0.05, 0) is 83.3 Å². The molecule has 0 bridgehead atoms. The molecule has 0 saturated carbocycles. The summed E-state index contributed by atoms with van der Waals surface area (Å²) < 4.78 is 28.3. The van der Waals surface area contributed by atoms with Crippen molar-refractivity contribution >= 4 is 99.7 Å². The zero-order valence-electron chi connectivity index (χ0n) is 41.3. The molecule has 0 aliphatic carbocycles. The van der Waals surface area contributed by atoms with Crippen LogP contribution in [0.1, 0.15) is 55.6 Å². The fourth-order valence-electron chi connectivity index (χ4n) is 5.90. The molecule has 0 aliphatic rings. The van der Waals surface area contributed by atoms with Crippen LogP contribution >= 0.6 is 53.2 Å². The third-order valence-electron chi connectivity index (χ3n) is 9.57. The van der Waals surface area contributed by atoms with Crippen LogP contribution < -0.4 is 13.3 Å². The number of carbonyl (C=O) groups is 5. The first-order chi connectivity index (χ1) is 34.0. The fraction of sp³-hybridized carbons (Fsp3) is 0.241. The molecule has 17 heteroatoms. The number of carbonyl (C=O) groups excluding carboxylic acids is 4. The average molecular weight is 1380 g/mol. The molecule has 13 nitrogen and oxygen atoms in total. The quantitative estimate of drug-likeness (QED) is 0.0285. The van der Waals surface area contributed by atoms with Crippen molar-refractivity contribution in [1.29, 1.82) is 0 Å². The molecule has 0 atom stereocenters. The van der Waals surface area contributed by atoms with E-state index >= 15 is 0 Å². The van der Waals surface area contributed by atoms with E-state index in [0.29, 0.717) is 41.7 Å². The molecule has 2 N–H and O–H groups in total. The first-order valence-corrected chi connectivity index (χ1v) is 34.8. The Hall–Kier alpha value is -5.26. The summed E-state index contributed by atoms with van der Waals surface area (Å²) in [5, 5.41) is 18.1. The van der Waals surface area contributed by atoms with Gasteiger partial charge in [0.2, 0.25) is 0 Å². The summed E-state index contributed by atoms with van der Waals surface area (Å²) in [4.78, 5) is 55.5. The molecular weight excluding hydrogens is 1320 g/mol. The zero-order chi connectivity index (χ0) is 53.7. The SMILES string of the molecule is CO/C=C(/C(=O)OC)c1ccccc1C.CO/C=C(/C(=O)OC)c1ccccc1CBr.COC(=O)C(=CO)c1ccccc1C.COC(=O)Cc1ccccc1C.Cc1ccccc1CC(=O)O.I[I-]I. The third-order valence-corrected chi connectivity index (χ3v) is 10.2. The van der Waals surface area contributed by atoms with Crippen molar-refractivity contribution in [3.8, 4) is 0 Å². The Bertz CT molecular complexity index is 2520. The normalized spacial score (nSPS) is 10.4. The van der Waals surface area contributed by atoms with Crippen LogP contribution in [0.3, 0.4) is 0 Å². The summed E-state index contributed by atoms with van der Waals surface area (Å²) in [7, 11) is 8.39. The second kappa shape index (κ2) is 39.4. The maximum absolute atomic E-state index is 11.6. The van der Waals surface area contributed by atoms with E-state index in [1.807, 2.05) is 137 Å². The second-order valence-electron chi connectivity index (χ2n) is 14.2. The predicted octanol–water partition coefficient (Wildman–Crippen LogP) is 9.07. The number of methoxy groups -OCH3 is 6.